The smallest absolute Gasteiger partial charge is 0.145 e. The van der Waals surface area contributed by atoms with E-state index in [9.17, 15) is 0 Å². The van der Waals surface area contributed by atoms with Crippen molar-refractivity contribution < 1.29 is 9.47 Å². The van der Waals surface area contributed by atoms with Crippen LogP contribution in [0.25, 0.3) is 10.9 Å². The molecule has 158 valence electrons. The van der Waals surface area contributed by atoms with Crippen LogP contribution in [0.5, 0.6) is 17.2 Å². The second kappa shape index (κ2) is 8.97. The normalized spacial score (nSPS) is 11.9. The molecule has 2 aromatic heterocycles. The summed E-state index contributed by atoms with van der Waals surface area (Å²) in [5.41, 5.74) is 9.34. The van der Waals surface area contributed by atoms with Crippen molar-refractivity contribution in [1.29, 1.82) is 0 Å². The Morgan fingerprint density at radius 1 is 1.00 bits per heavy atom. The molecule has 0 fully saturated rings. The molecule has 31 heavy (non-hydrogen) atoms. The Bertz CT molecular complexity index is 1190. The third-order valence-corrected chi connectivity index (χ3v) is 4.83. The average molecular weight is 415 g/mol. The fourth-order valence-electron chi connectivity index (χ4n) is 3.16. The fourth-order valence-corrected chi connectivity index (χ4v) is 3.16. The van der Waals surface area contributed by atoms with E-state index in [-0.39, 0.29) is 6.10 Å². The van der Waals surface area contributed by atoms with E-state index >= 15 is 0 Å². The highest BCUT2D eigenvalue weighted by atomic mass is 16.5. The van der Waals surface area contributed by atoms with Gasteiger partial charge in [0.25, 0.3) is 0 Å². The first-order chi connectivity index (χ1) is 15.0. The van der Waals surface area contributed by atoms with Crippen molar-refractivity contribution in [2.45, 2.75) is 26.9 Å². The maximum Gasteiger partial charge on any atom is 0.145 e. The molecule has 0 radical (unpaired) electrons. The Labute approximate surface area is 181 Å². The molecule has 0 saturated heterocycles. The second-order valence-electron chi connectivity index (χ2n) is 7.38. The Morgan fingerprint density at radius 3 is 2.61 bits per heavy atom. The average Bonchev–Trinajstić information content (AvgIpc) is 2.77. The van der Waals surface area contributed by atoms with Crippen LogP contribution in [0, 0.1) is 13.8 Å². The molecule has 0 unspecified atom stereocenters. The van der Waals surface area contributed by atoms with Crippen LogP contribution in [0.3, 0.4) is 0 Å². The zero-order chi connectivity index (χ0) is 21.8. The van der Waals surface area contributed by atoms with Crippen LogP contribution < -0.4 is 20.5 Å². The number of hydrogen-bond acceptors (Lipinski definition) is 7. The first-order valence-corrected chi connectivity index (χ1v) is 10.1. The summed E-state index contributed by atoms with van der Waals surface area (Å²) in [4.78, 5) is 13.1. The topological polar surface area (TPSA) is 95.2 Å². The minimum Gasteiger partial charge on any atom is -0.489 e. The van der Waals surface area contributed by atoms with Gasteiger partial charge in [0.05, 0.1) is 17.1 Å². The molecule has 1 atom stereocenters. The summed E-state index contributed by atoms with van der Waals surface area (Å²) in [5.74, 6) is 2.83. The molecule has 0 aliphatic rings. The number of ether oxygens (including phenoxy) is 2. The lowest BCUT2D eigenvalue weighted by Crippen LogP contribution is -2.23. The predicted octanol–water partition coefficient (Wildman–Crippen LogP) is 4.90. The second-order valence-corrected chi connectivity index (χ2v) is 7.38. The van der Waals surface area contributed by atoms with Gasteiger partial charge in [-0.2, -0.15) is 0 Å². The van der Waals surface area contributed by atoms with Crippen LogP contribution in [0.15, 0.2) is 61.1 Å². The standard InChI is InChI=1S/C24H25N5O2/c1-15-11-18(8-10-21(15)31-19-9-7-16(2)26-13-19)29-24-23-20(27-14-28-24)5-4-6-22(23)30-17(3)12-25/h4-11,13-14,17H,12,25H2,1-3H3,(H,27,28,29)/t17-/m1/s1. The zero-order valence-electron chi connectivity index (χ0n) is 17.8. The van der Waals surface area contributed by atoms with Gasteiger partial charge in [-0.25, -0.2) is 9.97 Å². The van der Waals surface area contributed by atoms with Gasteiger partial charge in [0.2, 0.25) is 0 Å². The quantitative estimate of drug-likeness (QED) is 0.443. The van der Waals surface area contributed by atoms with Gasteiger partial charge in [-0.1, -0.05) is 6.07 Å². The van der Waals surface area contributed by atoms with E-state index in [2.05, 4.69) is 20.3 Å². The van der Waals surface area contributed by atoms with Gasteiger partial charge >= 0.3 is 0 Å². The number of anilines is 2. The van der Waals surface area contributed by atoms with Crippen molar-refractivity contribution in [3.05, 3.63) is 72.3 Å². The Morgan fingerprint density at radius 2 is 1.87 bits per heavy atom. The third-order valence-electron chi connectivity index (χ3n) is 4.83. The Hall–Kier alpha value is -3.71. The number of benzene rings is 2. The van der Waals surface area contributed by atoms with Crippen LogP contribution >= 0.6 is 0 Å². The number of rotatable bonds is 7. The minimum atomic E-state index is -0.117. The van der Waals surface area contributed by atoms with E-state index < -0.39 is 0 Å². The third kappa shape index (κ3) is 4.73. The highest BCUT2D eigenvalue weighted by Crippen LogP contribution is 2.33. The van der Waals surface area contributed by atoms with E-state index in [1.54, 1.807) is 6.20 Å². The maximum absolute atomic E-state index is 6.00. The molecule has 0 amide bonds. The lowest BCUT2D eigenvalue weighted by molar-refractivity contribution is 0.233. The Balaban J connectivity index is 1.61. The molecule has 0 aliphatic carbocycles. The SMILES string of the molecule is Cc1ccc(Oc2ccc(Nc3ncnc4cccc(O[C@H](C)CN)c34)cc2C)cn1. The van der Waals surface area contributed by atoms with E-state index in [1.165, 1.54) is 6.33 Å². The van der Waals surface area contributed by atoms with Crippen LogP contribution in [-0.2, 0) is 0 Å². The minimum absolute atomic E-state index is 0.117. The molecule has 2 heterocycles. The lowest BCUT2D eigenvalue weighted by Gasteiger charge is -2.17. The number of nitrogens with zero attached hydrogens (tertiary/aromatic N) is 3. The number of fused-ring (bicyclic) bond motifs is 1. The summed E-state index contributed by atoms with van der Waals surface area (Å²) >= 11 is 0. The van der Waals surface area contributed by atoms with Crippen molar-refractivity contribution in [1.82, 2.24) is 15.0 Å². The molecule has 0 bridgehead atoms. The largest absolute Gasteiger partial charge is 0.489 e. The van der Waals surface area contributed by atoms with Gasteiger partial charge in [-0.3, -0.25) is 4.98 Å². The van der Waals surface area contributed by atoms with Gasteiger partial charge < -0.3 is 20.5 Å². The van der Waals surface area contributed by atoms with Crippen molar-refractivity contribution in [2.24, 2.45) is 5.73 Å². The summed E-state index contributed by atoms with van der Waals surface area (Å²) in [5, 5.41) is 4.20. The van der Waals surface area contributed by atoms with Crippen molar-refractivity contribution >= 4 is 22.4 Å². The molecule has 4 aromatic rings. The fraction of sp³-hybridized carbons (Fsp3) is 0.208. The Kier molecular flexibility index (Phi) is 5.95. The number of pyridine rings is 1. The monoisotopic (exact) mass is 415 g/mol. The number of nitrogens with two attached hydrogens (primary N) is 1. The number of aryl methyl sites for hydroxylation is 2. The summed E-state index contributed by atoms with van der Waals surface area (Å²) in [6, 6.07) is 15.5. The van der Waals surface area contributed by atoms with Gasteiger partial charge in [-0.05, 0) is 68.8 Å². The lowest BCUT2D eigenvalue weighted by atomic mass is 10.1. The molecule has 0 spiro atoms. The number of aromatic nitrogens is 3. The first kappa shape index (κ1) is 20.6. The number of hydrogen-bond donors (Lipinski definition) is 2. The van der Waals surface area contributed by atoms with Gasteiger partial charge in [0.1, 0.15) is 35.5 Å². The van der Waals surface area contributed by atoms with Crippen LogP contribution in [0.1, 0.15) is 18.2 Å². The van der Waals surface area contributed by atoms with E-state index in [0.717, 1.165) is 33.6 Å². The summed E-state index contributed by atoms with van der Waals surface area (Å²) in [7, 11) is 0. The van der Waals surface area contributed by atoms with E-state index in [4.69, 9.17) is 15.2 Å². The predicted molar refractivity (Wildman–Crippen MR) is 122 cm³/mol. The van der Waals surface area contributed by atoms with Crippen molar-refractivity contribution in [3.63, 3.8) is 0 Å². The van der Waals surface area contributed by atoms with Gasteiger partial charge in [-0.15, -0.1) is 0 Å². The molecular formula is C24H25N5O2. The van der Waals surface area contributed by atoms with Gasteiger partial charge in [0.15, 0.2) is 0 Å². The molecule has 3 N–H and O–H groups in total. The highest BCUT2D eigenvalue weighted by molar-refractivity contribution is 5.95. The van der Waals surface area contributed by atoms with E-state index in [1.807, 2.05) is 69.3 Å². The molecule has 4 rings (SSSR count). The molecular weight excluding hydrogens is 390 g/mol. The molecule has 2 aromatic carbocycles. The van der Waals surface area contributed by atoms with Crippen molar-refractivity contribution in [3.8, 4) is 17.2 Å². The summed E-state index contributed by atoms with van der Waals surface area (Å²) < 4.78 is 12.0. The molecule has 0 aliphatic heterocycles. The van der Waals surface area contributed by atoms with Crippen molar-refractivity contribution in [2.75, 3.05) is 11.9 Å². The molecule has 7 nitrogen and oxygen atoms in total. The number of nitrogens with one attached hydrogen (secondary N) is 1. The maximum atomic E-state index is 6.00. The van der Waals surface area contributed by atoms with Crippen LogP contribution in [0.2, 0.25) is 0 Å². The van der Waals surface area contributed by atoms with Gasteiger partial charge in [0, 0.05) is 17.9 Å². The highest BCUT2D eigenvalue weighted by Gasteiger charge is 2.13. The van der Waals surface area contributed by atoms with E-state index in [0.29, 0.717) is 23.9 Å². The molecule has 0 saturated carbocycles. The molecule has 7 heteroatoms. The van der Waals surface area contributed by atoms with Crippen LogP contribution in [-0.4, -0.2) is 27.6 Å². The first-order valence-electron chi connectivity index (χ1n) is 10.1. The summed E-state index contributed by atoms with van der Waals surface area (Å²) in [6.45, 7) is 6.29. The summed E-state index contributed by atoms with van der Waals surface area (Å²) in [6.07, 6.45) is 3.14. The zero-order valence-corrected chi connectivity index (χ0v) is 17.8. The van der Waals surface area contributed by atoms with Crippen LogP contribution in [0.4, 0.5) is 11.5 Å².